The summed E-state index contributed by atoms with van der Waals surface area (Å²) in [6.45, 7) is 4.23. The van der Waals surface area contributed by atoms with Crippen molar-refractivity contribution in [3.63, 3.8) is 0 Å². The van der Waals surface area contributed by atoms with Crippen LogP contribution in [0.5, 0.6) is 0 Å². The van der Waals surface area contributed by atoms with E-state index >= 15 is 0 Å². The molecule has 1 heteroatoms. The van der Waals surface area contributed by atoms with Crippen LogP contribution in [0.2, 0.25) is 0 Å². The first-order valence-electron chi connectivity index (χ1n) is 4.67. The summed E-state index contributed by atoms with van der Waals surface area (Å²) >= 11 is 0. The summed E-state index contributed by atoms with van der Waals surface area (Å²) in [7, 11) is 0. The Balaban J connectivity index is 2.48. The van der Waals surface area contributed by atoms with Crippen LogP contribution in [-0.4, -0.2) is 4.98 Å². The summed E-state index contributed by atoms with van der Waals surface area (Å²) in [4.78, 5) is 4.29. The fourth-order valence-electron chi connectivity index (χ4n) is 1.38. The van der Waals surface area contributed by atoms with E-state index < -0.39 is 0 Å². The zero-order valence-corrected chi connectivity index (χ0v) is 8.41. The standard InChI is InChI=1S/C13H12N/c1-10-6-7-12(9-11(10)2)13-5-3-4-8-14-13/h4-9H,1-2H3. The lowest BCUT2D eigenvalue weighted by Gasteiger charge is -2.03. The third-order valence-electron chi connectivity index (χ3n) is 2.41. The smallest absolute Gasteiger partial charge is 0.0708 e. The first kappa shape index (κ1) is 8.95. The molecule has 1 aromatic carbocycles. The second-order valence-electron chi connectivity index (χ2n) is 3.44. The summed E-state index contributed by atoms with van der Waals surface area (Å²) in [5, 5.41) is 0. The van der Waals surface area contributed by atoms with Gasteiger partial charge < -0.3 is 0 Å². The van der Waals surface area contributed by atoms with Crippen LogP contribution in [0.25, 0.3) is 11.3 Å². The summed E-state index contributed by atoms with van der Waals surface area (Å²) in [5.41, 5.74) is 4.75. The van der Waals surface area contributed by atoms with E-state index in [-0.39, 0.29) is 0 Å². The summed E-state index contributed by atoms with van der Waals surface area (Å²) < 4.78 is 0. The third kappa shape index (κ3) is 1.67. The normalized spacial score (nSPS) is 10.1. The molecular formula is C13H12N. The van der Waals surface area contributed by atoms with Crippen molar-refractivity contribution in [1.29, 1.82) is 0 Å². The largest absolute Gasteiger partial charge is 0.256 e. The van der Waals surface area contributed by atoms with Gasteiger partial charge in [-0.15, -0.1) is 0 Å². The van der Waals surface area contributed by atoms with Gasteiger partial charge in [0.15, 0.2) is 0 Å². The van der Waals surface area contributed by atoms with Crippen LogP contribution in [-0.2, 0) is 0 Å². The van der Waals surface area contributed by atoms with Crippen LogP contribution in [0.4, 0.5) is 0 Å². The van der Waals surface area contributed by atoms with Crippen molar-refractivity contribution in [2.75, 3.05) is 0 Å². The number of pyridine rings is 1. The maximum Gasteiger partial charge on any atom is 0.0708 e. The molecule has 0 amide bonds. The molecule has 2 aromatic rings. The van der Waals surface area contributed by atoms with Crippen molar-refractivity contribution < 1.29 is 0 Å². The molecule has 0 N–H and O–H groups in total. The van der Waals surface area contributed by atoms with Crippen LogP contribution < -0.4 is 0 Å². The number of hydrogen-bond acceptors (Lipinski definition) is 1. The van der Waals surface area contributed by atoms with Crippen molar-refractivity contribution in [3.8, 4) is 11.3 Å². The number of hydrogen-bond donors (Lipinski definition) is 0. The second kappa shape index (κ2) is 3.62. The molecule has 69 valence electrons. The van der Waals surface area contributed by atoms with Crippen LogP contribution in [0.15, 0.2) is 36.5 Å². The summed E-state index contributed by atoms with van der Waals surface area (Å²) in [6.07, 6.45) is 1.77. The van der Waals surface area contributed by atoms with E-state index in [1.807, 2.05) is 12.1 Å². The maximum absolute atomic E-state index is 4.29. The van der Waals surface area contributed by atoms with E-state index in [4.69, 9.17) is 0 Å². The lowest BCUT2D eigenvalue weighted by Crippen LogP contribution is -1.85. The Bertz CT molecular complexity index is 432. The van der Waals surface area contributed by atoms with Gasteiger partial charge in [-0.1, -0.05) is 12.1 Å². The van der Waals surface area contributed by atoms with Crippen molar-refractivity contribution in [1.82, 2.24) is 4.98 Å². The van der Waals surface area contributed by atoms with Crippen molar-refractivity contribution in [3.05, 3.63) is 53.7 Å². The highest BCUT2D eigenvalue weighted by Crippen LogP contribution is 2.19. The minimum absolute atomic E-state index is 0.982. The zero-order chi connectivity index (χ0) is 9.97. The summed E-state index contributed by atoms with van der Waals surface area (Å²) in [6, 6.07) is 13.1. The Labute approximate surface area is 84.4 Å². The number of benzene rings is 1. The zero-order valence-electron chi connectivity index (χ0n) is 8.41. The van der Waals surface area contributed by atoms with Gasteiger partial charge in [0.05, 0.1) is 5.69 Å². The molecule has 0 atom stereocenters. The Morgan fingerprint density at radius 1 is 1.14 bits per heavy atom. The van der Waals surface area contributed by atoms with Crippen molar-refractivity contribution >= 4 is 0 Å². The van der Waals surface area contributed by atoms with E-state index in [0.29, 0.717) is 0 Å². The first-order valence-corrected chi connectivity index (χ1v) is 4.67. The molecule has 0 bridgehead atoms. The van der Waals surface area contributed by atoms with E-state index in [1.165, 1.54) is 11.1 Å². The van der Waals surface area contributed by atoms with Gasteiger partial charge in [0.2, 0.25) is 0 Å². The molecule has 0 aliphatic heterocycles. The Morgan fingerprint density at radius 2 is 2.00 bits per heavy atom. The van der Waals surface area contributed by atoms with Crippen LogP contribution in [0.1, 0.15) is 11.1 Å². The monoisotopic (exact) mass is 182 g/mol. The number of nitrogens with zero attached hydrogens (tertiary/aromatic N) is 1. The van der Waals surface area contributed by atoms with E-state index in [1.54, 1.807) is 6.20 Å². The number of aryl methyl sites for hydroxylation is 2. The van der Waals surface area contributed by atoms with E-state index in [2.05, 4.69) is 43.1 Å². The van der Waals surface area contributed by atoms with Gasteiger partial charge in [-0.3, -0.25) is 4.98 Å². The van der Waals surface area contributed by atoms with Gasteiger partial charge in [0.1, 0.15) is 0 Å². The molecule has 2 rings (SSSR count). The molecule has 0 aliphatic carbocycles. The van der Waals surface area contributed by atoms with Gasteiger partial charge >= 0.3 is 0 Å². The molecule has 0 spiro atoms. The molecule has 1 nitrogen and oxygen atoms in total. The molecule has 1 heterocycles. The lowest BCUT2D eigenvalue weighted by molar-refractivity contribution is 1.29. The third-order valence-corrected chi connectivity index (χ3v) is 2.41. The fraction of sp³-hybridized carbons (Fsp3) is 0.154. The van der Waals surface area contributed by atoms with Crippen LogP contribution >= 0.6 is 0 Å². The molecule has 1 radical (unpaired) electrons. The first-order chi connectivity index (χ1) is 6.77. The SMILES string of the molecule is Cc1ccc(-c2c[c]ccn2)cc1C. The highest BCUT2D eigenvalue weighted by atomic mass is 14.7. The highest BCUT2D eigenvalue weighted by molar-refractivity contribution is 5.60. The number of aromatic nitrogens is 1. The van der Waals surface area contributed by atoms with Gasteiger partial charge in [0.25, 0.3) is 0 Å². The van der Waals surface area contributed by atoms with E-state index in [0.717, 1.165) is 11.3 Å². The Morgan fingerprint density at radius 3 is 2.64 bits per heavy atom. The summed E-state index contributed by atoms with van der Waals surface area (Å²) in [5.74, 6) is 0. The molecule has 0 saturated carbocycles. The molecule has 0 saturated heterocycles. The molecule has 14 heavy (non-hydrogen) atoms. The fourth-order valence-corrected chi connectivity index (χ4v) is 1.38. The van der Waals surface area contributed by atoms with Crippen molar-refractivity contribution in [2.24, 2.45) is 0 Å². The lowest BCUT2D eigenvalue weighted by atomic mass is 10.0. The van der Waals surface area contributed by atoms with E-state index in [9.17, 15) is 0 Å². The molecule has 0 aliphatic rings. The quantitative estimate of drug-likeness (QED) is 0.660. The predicted molar refractivity (Wildman–Crippen MR) is 58.0 cm³/mol. The maximum atomic E-state index is 4.29. The van der Waals surface area contributed by atoms with Crippen LogP contribution in [0, 0.1) is 19.9 Å². The van der Waals surface area contributed by atoms with Crippen molar-refractivity contribution in [2.45, 2.75) is 13.8 Å². The average molecular weight is 182 g/mol. The minimum Gasteiger partial charge on any atom is -0.256 e. The van der Waals surface area contributed by atoms with Gasteiger partial charge in [-0.2, -0.15) is 0 Å². The Hall–Kier alpha value is -1.63. The average Bonchev–Trinajstić information content (AvgIpc) is 2.23. The molecule has 1 aromatic heterocycles. The van der Waals surface area contributed by atoms with Gasteiger partial charge in [-0.05, 0) is 49.2 Å². The Kier molecular flexibility index (Phi) is 2.32. The van der Waals surface area contributed by atoms with Gasteiger partial charge in [-0.25, -0.2) is 0 Å². The highest BCUT2D eigenvalue weighted by Gasteiger charge is 1.99. The van der Waals surface area contributed by atoms with Crippen LogP contribution in [0.3, 0.4) is 0 Å². The number of rotatable bonds is 1. The molecular weight excluding hydrogens is 170 g/mol. The predicted octanol–water partition coefficient (Wildman–Crippen LogP) is 3.17. The minimum atomic E-state index is 0.982. The topological polar surface area (TPSA) is 12.9 Å². The molecule has 0 fully saturated rings. The van der Waals surface area contributed by atoms with Gasteiger partial charge in [0, 0.05) is 11.8 Å². The second-order valence-corrected chi connectivity index (χ2v) is 3.44. The molecule has 0 unspecified atom stereocenters.